The number of amides is 1. The minimum atomic E-state index is -1.76. The molecule has 1 aromatic rings. The van der Waals surface area contributed by atoms with Gasteiger partial charge in [-0.2, -0.15) is 5.48 Å². The molecule has 484 valence electrons. The first-order valence-electron chi connectivity index (χ1n) is 28.6. The lowest BCUT2D eigenvalue weighted by Crippen LogP contribution is -2.65. The smallest absolute Gasteiger partial charge is 0.411 e. The van der Waals surface area contributed by atoms with Gasteiger partial charge in [-0.1, -0.05) is 64.1 Å². The maximum Gasteiger partial charge on any atom is 0.411 e. The van der Waals surface area contributed by atoms with Crippen molar-refractivity contribution in [3.05, 3.63) is 49.8 Å². The average molecular weight is 1390 g/mol. The number of halogens is 1. The molecule has 8 N–H and O–H groups in total. The van der Waals surface area contributed by atoms with E-state index >= 15 is 0 Å². The Labute approximate surface area is 533 Å². The van der Waals surface area contributed by atoms with Crippen molar-refractivity contribution in [2.45, 2.75) is 201 Å². The van der Waals surface area contributed by atoms with Gasteiger partial charge in [0.15, 0.2) is 36.2 Å². The first kappa shape index (κ1) is 71.2. The zero-order valence-electron chi connectivity index (χ0n) is 50.7. The molecule has 0 aromatic heterocycles. The van der Waals surface area contributed by atoms with Crippen LogP contribution in [0.2, 0.25) is 0 Å². The van der Waals surface area contributed by atoms with Crippen LogP contribution in [0.3, 0.4) is 0 Å². The van der Waals surface area contributed by atoms with E-state index in [9.17, 15) is 39.9 Å². The van der Waals surface area contributed by atoms with Gasteiger partial charge in [-0.3, -0.25) is 19.7 Å². The van der Waals surface area contributed by atoms with Crippen molar-refractivity contribution < 1.29 is 102 Å². The summed E-state index contributed by atoms with van der Waals surface area (Å²) in [5.41, 5.74) is 1.81. The zero-order valence-corrected chi connectivity index (χ0v) is 55.3. The summed E-state index contributed by atoms with van der Waals surface area (Å²) in [5.74, 6) is 11.5. The summed E-state index contributed by atoms with van der Waals surface area (Å²) in [6.45, 7) is 12.6. The normalized spacial score (nSPS) is 34.6. The highest BCUT2D eigenvalue weighted by Gasteiger charge is 2.52. The lowest BCUT2D eigenvalue weighted by Gasteiger charge is -2.46. The van der Waals surface area contributed by atoms with Crippen LogP contribution in [0.15, 0.2) is 35.1 Å². The van der Waals surface area contributed by atoms with Crippen molar-refractivity contribution in [2.75, 3.05) is 54.5 Å². The number of hydroxylamine groups is 1. The second-order valence-corrected chi connectivity index (χ2v) is 26.6. The number of likely N-dealkylation sites (N-methyl/N-ethyl adjacent to an activating group) is 1. The molecule has 0 unspecified atom stereocenters. The van der Waals surface area contributed by atoms with E-state index in [0.29, 0.717) is 26.7 Å². The van der Waals surface area contributed by atoms with Crippen molar-refractivity contribution >= 4 is 72.9 Å². The summed E-state index contributed by atoms with van der Waals surface area (Å²) in [4.78, 5) is 47.7. The fourth-order valence-corrected chi connectivity index (χ4v) is 14.9. The highest BCUT2D eigenvalue weighted by Crippen LogP contribution is 2.49. The summed E-state index contributed by atoms with van der Waals surface area (Å²) in [5, 5.41) is 63.2. The zero-order chi connectivity index (χ0) is 63.4. The lowest BCUT2D eigenvalue weighted by atomic mass is 9.76. The number of allylic oxidation sites excluding steroid dienone is 3. The van der Waals surface area contributed by atoms with Crippen LogP contribution in [0.25, 0.3) is 0 Å². The second kappa shape index (κ2) is 32.8. The molecule has 1 amide bonds. The highest BCUT2D eigenvalue weighted by molar-refractivity contribution is 14.1. The van der Waals surface area contributed by atoms with E-state index in [1.54, 1.807) is 69.4 Å². The number of aliphatic hydroxyl groups is 5. The number of alkyl carbamates (subject to hydrolysis) is 1. The van der Waals surface area contributed by atoms with Gasteiger partial charge in [0.25, 0.3) is 0 Å². The van der Waals surface area contributed by atoms with Crippen LogP contribution >= 0.6 is 55.9 Å². The molecule has 28 heteroatoms. The number of Topliss-reactive ketones (excluding diaryl/α,β-unsaturated/α-hetero) is 1. The number of hydrogen-bond acceptors (Lipinski definition) is 26. The number of nitrogens with one attached hydrogen (secondary N) is 3. The minimum Gasteiger partial charge on any atom is -0.492 e. The summed E-state index contributed by atoms with van der Waals surface area (Å²) in [6.07, 6.45) is -11.2. The lowest BCUT2D eigenvalue weighted by molar-refractivity contribution is -0.336. The van der Waals surface area contributed by atoms with Gasteiger partial charge in [0, 0.05) is 50.1 Å². The Hall–Kier alpha value is -3.29. The largest absolute Gasteiger partial charge is 0.492 e. The summed E-state index contributed by atoms with van der Waals surface area (Å²) in [6, 6.07) is -1.27. The number of ketones is 1. The van der Waals surface area contributed by atoms with Gasteiger partial charge in [0.1, 0.15) is 36.6 Å². The van der Waals surface area contributed by atoms with E-state index in [1.165, 1.54) is 40.4 Å². The van der Waals surface area contributed by atoms with E-state index in [0.717, 1.165) is 31.7 Å². The van der Waals surface area contributed by atoms with E-state index < -0.39 is 127 Å². The molecule has 2 aliphatic carbocycles. The molecule has 6 aliphatic rings. The number of methoxy groups -OCH3 is 5. The van der Waals surface area contributed by atoms with Crippen molar-refractivity contribution in [3.63, 3.8) is 0 Å². The number of hydrogen-bond donors (Lipinski definition) is 8. The number of thioether (sulfide) groups is 1. The second-order valence-electron chi connectivity index (χ2n) is 21.7. The first-order chi connectivity index (χ1) is 41.6. The summed E-state index contributed by atoms with van der Waals surface area (Å²) in [7, 11) is 10.1. The van der Waals surface area contributed by atoms with E-state index in [1.807, 2.05) is 29.5 Å². The predicted octanol–water partition coefficient (Wildman–Crippen LogP) is 4.11. The Bertz CT molecular complexity index is 2770. The Morgan fingerprint density at radius 1 is 0.885 bits per heavy atom. The fourth-order valence-electron chi connectivity index (χ4n) is 10.7. The predicted molar refractivity (Wildman–Crippen MR) is 330 cm³/mol. The first-order valence-corrected chi connectivity index (χ1v) is 33.0. The molecule has 24 nitrogen and oxygen atoms in total. The number of rotatable bonds is 23. The van der Waals surface area contributed by atoms with Crippen LogP contribution in [0, 0.1) is 34.2 Å². The molecule has 4 saturated heterocycles. The molecule has 0 spiro atoms. The third-order valence-corrected chi connectivity index (χ3v) is 21.0. The van der Waals surface area contributed by atoms with Gasteiger partial charge >= 0.3 is 6.09 Å². The third kappa shape index (κ3) is 17.5. The van der Waals surface area contributed by atoms with Gasteiger partial charge in [0.2, 0.25) is 17.2 Å². The van der Waals surface area contributed by atoms with Crippen LogP contribution in [0.4, 0.5) is 4.79 Å². The number of ether oxygens (including phenoxy) is 12. The topological polar surface area (TPSA) is 308 Å². The quantitative estimate of drug-likeness (QED) is 0.0251. The summed E-state index contributed by atoms with van der Waals surface area (Å²) >= 11 is 2.83. The standard InChI is InChI=1S/C59H82IN3O21S3/c1-13-15-16-17-18-19-37(42-33(22-23-85-87-32-20-21-32)59(7,71)26-36(65)45(42)62-58(70)76-12)81-57-52(82-39-25-38(72-8)34(27-77-39)61-14-2)47(67)44(29(4)79-57)63-84-40-24-35(64)54(31(6)78-40)86-55(69)41-28(3)43(60)50(53(75-11)49(41)73-9)83-56-48(68)51(74-10)46(66)30(5)80-56/h16-17,22,29-32,34-35,37-40,44,46-48,51-52,54,56-57,61,63-64,66-68,71H,14,20-21,23-27H2,1-12H3,(H,62,70)/b17-16-,33-22+/t29-,30+,31-,34+,35+,37+,38+,39+,40+,44-,46+,47+,48-,51-,52-,54-,56+,57+,59+/m1/s1. The third-order valence-electron chi connectivity index (χ3n) is 15.5. The fraction of sp³-hybridized carbons (Fsp3) is 0.678. The van der Waals surface area contributed by atoms with Gasteiger partial charge in [-0.05, 0) is 107 Å². The van der Waals surface area contributed by atoms with Crippen molar-refractivity contribution in [1.82, 2.24) is 16.1 Å². The molecule has 19 atom stereocenters. The van der Waals surface area contributed by atoms with Crippen LogP contribution in [-0.2, 0) is 52.3 Å². The number of carbonyl (C=O) groups excluding carboxylic acids is 3. The Balaban J connectivity index is 1.13. The highest BCUT2D eigenvalue weighted by atomic mass is 127. The maximum atomic E-state index is 14.5. The van der Waals surface area contributed by atoms with E-state index in [2.05, 4.69) is 39.8 Å². The Morgan fingerprint density at radius 3 is 2.24 bits per heavy atom. The van der Waals surface area contributed by atoms with Crippen LogP contribution < -0.4 is 30.3 Å². The SMILES string of the molecule is CC#C/C=C\C#C[C@H](O[C@@H]1O[C@H](C)[C@@H](NO[C@H]2C[C@H](O)[C@H](SC(=O)c3c(C)c(I)c(O[C@@H]4O[C@@H](C)[C@H](O)[C@@H](OC)[C@H]4O)c(OC)c3OC)[C@@H](C)O2)[C@H](O)[C@H]1O[C@H]1C[C@H](OC)[C@@H](NCC)CO1)C1=C(NC(=O)OC)C(=O)C[C@](C)(O)/C1=C/CSSC1CC1. The minimum absolute atomic E-state index is 0.0276. The van der Waals surface area contributed by atoms with E-state index in [4.69, 9.17) is 61.7 Å². The van der Waals surface area contributed by atoms with Gasteiger partial charge in [-0.25, -0.2) is 4.79 Å². The van der Waals surface area contributed by atoms with Crippen LogP contribution in [-0.4, -0.2) is 217 Å². The number of aliphatic hydroxyl groups excluding tert-OH is 4. The molecular formula is C59H82IN3O21S3. The summed E-state index contributed by atoms with van der Waals surface area (Å²) < 4.78 is 72.9. The van der Waals surface area contributed by atoms with Gasteiger partial charge in [0.05, 0.1) is 96.2 Å². The van der Waals surface area contributed by atoms with Crippen LogP contribution in [0.5, 0.6) is 17.2 Å². The van der Waals surface area contributed by atoms with Crippen LogP contribution in [0.1, 0.15) is 89.6 Å². The number of benzene rings is 1. The van der Waals surface area contributed by atoms with Crippen molar-refractivity contribution in [3.8, 4) is 40.9 Å². The molecule has 7 rings (SSSR count). The molecule has 1 aromatic carbocycles. The van der Waals surface area contributed by atoms with E-state index in [-0.39, 0.29) is 71.2 Å². The van der Waals surface area contributed by atoms with Gasteiger partial charge < -0.3 is 87.7 Å². The van der Waals surface area contributed by atoms with Gasteiger partial charge in [-0.15, -0.1) is 5.92 Å². The molecule has 5 fully saturated rings. The number of carbonyl (C=O) groups is 3. The monoisotopic (exact) mass is 1390 g/mol. The maximum absolute atomic E-state index is 14.5. The average Bonchev–Trinajstić information content (AvgIpc) is 0.959. The molecule has 4 aliphatic heterocycles. The molecule has 1 saturated carbocycles. The Morgan fingerprint density at radius 2 is 1.60 bits per heavy atom. The molecular weight excluding hydrogens is 1310 g/mol. The van der Waals surface area contributed by atoms with Crippen molar-refractivity contribution in [1.29, 1.82) is 0 Å². The Kier molecular flexibility index (Phi) is 26.8. The molecule has 4 heterocycles. The molecule has 0 radical (unpaired) electrons. The molecule has 87 heavy (non-hydrogen) atoms. The molecule has 0 bridgehead atoms. The van der Waals surface area contributed by atoms with Crippen molar-refractivity contribution in [2.24, 2.45) is 0 Å².